The molecule has 0 aliphatic carbocycles. The minimum absolute atomic E-state index is 0.296. The summed E-state index contributed by atoms with van der Waals surface area (Å²) in [6.07, 6.45) is 1.59. The molecular weight excluding hydrogens is 212 g/mol. The summed E-state index contributed by atoms with van der Waals surface area (Å²) in [5.41, 5.74) is 5.16. The second-order valence-electron chi connectivity index (χ2n) is 6.66. The monoisotopic (exact) mass is 242 g/mol. The molecule has 3 heteroatoms. The third kappa shape index (κ3) is 3.21. The lowest BCUT2D eigenvalue weighted by molar-refractivity contribution is -0.0903. The Balaban J connectivity index is 2.61. The van der Waals surface area contributed by atoms with E-state index in [0.29, 0.717) is 11.8 Å². The number of nitrogens with zero attached hydrogens (tertiary/aromatic N) is 1. The molecule has 1 heterocycles. The summed E-state index contributed by atoms with van der Waals surface area (Å²) in [7, 11) is 0. The molecule has 0 amide bonds. The first-order chi connectivity index (χ1) is 7.69. The van der Waals surface area contributed by atoms with Crippen LogP contribution in [0.25, 0.3) is 0 Å². The largest absolute Gasteiger partial charge is 0.388 e. The highest BCUT2D eigenvalue weighted by molar-refractivity contribution is 5.04. The maximum Gasteiger partial charge on any atom is 0.0850 e. The Morgan fingerprint density at radius 2 is 1.71 bits per heavy atom. The van der Waals surface area contributed by atoms with Crippen LogP contribution in [-0.4, -0.2) is 40.8 Å². The van der Waals surface area contributed by atoms with Crippen molar-refractivity contribution in [3.05, 3.63) is 0 Å². The molecule has 17 heavy (non-hydrogen) atoms. The van der Waals surface area contributed by atoms with Crippen molar-refractivity contribution in [2.45, 2.75) is 58.6 Å². The summed E-state index contributed by atoms with van der Waals surface area (Å²) in [6, 6.07) is 0. The van der Waals surface area contributed by atoms with Crippen LogP contribution in [0.3, 0.4) is 0 Å². The molecule has 1 unspecified atom stereocenters. The second-order valence-corrected chi connectivity index (χ2v) is 6.66. The molecule has 0 bridgehead atoms. The van der Waals surface area contributed by atoms with Crippen molar-refractivity contribution < 1.29 is 5.11 Å². The maximum atomic E-state index is 10.8. The van der Waals surface area contributed by atoms with E-state index in [1.807, 2.05) is 6.92 Å². The number of likely N-dealkylation sites (tertiary alicyclic amines) is 1. The molecular formula is C14H30N2O. The third-order valence-electron chi connectivity index (χ3n) is 4.51. The minimum Gasteiger partial charge on any atom is -0.388 e. The van der Waals surface area contributed by atoms with E-state index < -0.39 is 11.1 Å². The first-order valence-corrected chi connectivity index (χ1v) is 6.92. The van der Waals surface area contributed by atoms with E-state index in [1.54, 1.807) is 0 Å². The van der Waals surface area contributed by atoms with E-state index in [2.05, 4.69) is 32.6 Å². The smallest absolute Gasteiger partial charge is 0.0850 e. The lowest BCUT2D eigenvalue weighted by Crippen LogP contribution is -2.65. The zero-order valence-corrected chi connectivity index (χ0v) is 12.2. The Bertz CT molecular complexity index is 241. The Labute approximate surface area is 106 Å². The number of piperidine rings is 1. The van der Waals surface area contributed by atoms with Gasteiger partial charge in [-0.2, -0.15) is 0 Å². The summed E-state index contributed by atoms with van der Waals surface area (Å²) in [6.45, 7) is 13.7. The molecule has 0 radical (unpaired) electrons. The Morgan fingerprint density at radius 1 is 1.24 bits per heavy atom. The predicted molar refractivity (Wildman–Crippen MR) is 72.9 cm³/mol. The highest BCUT2D eigenvalue weighted by Crippen LogP contribution is 2.35. The van der Waals surface area contributed by atoms with Gasteiger partial charge < -0.3 is 15.7 Å². The molecule has 0 saturated carbocycles. The van der Waals surface area contributed by atoms with Gasteiger partial charge in [0.05, 0.1) is 5.60 Å². The van der Waals surface area contributed by atoms with Crippen LogP contribution in [0, 0.1) is 11.8 Å². The quantitative estimate of drug-likeness (QED) is 0.791. The van der Waals surface area contributed by atoms with Crippen LogP contribution in [0.15, 0.2) is 0 Å². The van der Waals surface area contributed by atoms with Crippen molar-refractivity contribution in [3.8, 4) is 0 Å². The summed E-state index contributed by atoms with van der Waals surface area (Å²) < 4.78 is 0. The van der Waals surface area contributed by atoms with Gasteiger partial charge in [0.1, 0.15) is 0 Å². The number of hydrogen-bond acceptors (Lipinski definition) is 3. The molecule has 0 aromatic rings. The van der Waals surface area contributed by atoms with Gasteiger partial charge in [0.25, 0.3) is 0 Å². The van der Waals surface area contributed by atoms with Crippen LogP contribution in [0.1, 0.15) is 47.5 Å². The molecule has 3 nitrogen and oxygen atoms in total. The predicted octanol–water partition coefficient (Wildman–Crippen LogP) is 1.84. The minimum atomic E-state index is -0.700. The van der Waals surface area contributed by atoms with Crippen molar-refractivity contribution in [2.24, 2.45) is 17.6 Å². The summed E-state index contributed by atoms with van der Waals surface area (Å²) in [5.74, 6) is 0.986. The molecule has 0 aromatic carbocycles. The van der Waals surface area contributed by atoms with E-state index in [4.69, 9.17) is 5.73 Å². The van der Waals surface area contributed by atoms with Crippen molar-refractivity contribution in [2.75, 3.05) is 19.6 Å². The highest BCUT2D eigenvalue weighted by Gasteiger charge is 2.47. The first kappa shape index (κ1) is 14.9. The zero-order valence-electron chi connectivity index (χ0n) is 12.2. The molecule has 0 spiro atoms. The van der Waals surface area contributed by atoms with E-state index in [1.165, 1.54) is 0 Å². The van der Waals surface area contributed by atoms with Crippen LogP contribution in [0.2, 0.25) is 0 Å². The number of hydrogen-bond donors (Lipinski definition) is 2. The van der Waals surface area contributed by atoms with Gasteiger partial charge in [0, 0.05) is 25.2 Å². The van der Waals surface area contributed by atoms with Crippen molar-refractivity contribution in [3.63, 3.8) is 0 Å². The number of nitrogens with two attached hydrogens (primary N) is 1. The fraction of sp³-hybridized carbons (Fsp3) is 1.00. The summed E-state index contributed by atoms with van der Waals surface area (Å²) in [4.78, 5) is 2.44. The van der Waals surface area contributed by atoms with E-state index >= 15 is 0 Å². The average molecular weight is 242 g/mol. The van der Waals surface area contributed by atoms with Crippen LogP contribution < -0.4 is 5.73 Å². The molecule has 0 aromatic heterocycles. The summed E-state index contributed by atoms with van der Waals surface area (Å²) in [5, 5.41) is 10.8. The van der Waals surface area contributed by atoms with E-state index in [-0.39, 0.29) is 0 Å². The van der Waals surface area contributed by atoms with Gasteiger partial charge in [-0.15, -0.1) is 0 Å². The standard InChI is InChI=1S/C14H30N2O/c1-11(2)10-16-8-6-14(17,7-9-16)13(5,15)12(3)4/h11-12,17H,6-10,15H2,1-5H3. The van der Waals surface area contributed by atoms with Gasteiger partial charge in [-0.1, -0.05) is 27.7 Å². The van der Waals surface area contributed by atoms with Gasteiger partial charge in [0.2, 0.25) is 0 Å². The number of aliphatic hydroxyl groups is 1. The third-order valence-corrected chi connectivity index (χ3v) is 4.51. The van der Waals surface area contributed by atoms with Crippen LogP contribution in [0.4, 0.5) is 0 Å². The number of rotatable bonds is 4. The average Bonchev–Trinajstić information content (AvgIpc) is 2.20. The Kier molecular flexibility index (Phi) is 4.61. The van der Waals surface area contributed by atoms with Crippen LogP contribution in [-0.2, 0) is 0 Å². The van der Waals surface area contributed by atoms with E-state index in [9.17, 15) is 5.11 Å². The Morgan fingerprint density at radius 3 is 2.06 bits per heavy atom. The highest BCUT2D eigenvalue weighted by atomic mass is 16.3. The first-order valence-electron chi connectivity index (χ1n) is 6.92. The van der Waals surface area contributed by atoms with Crippen molar-refractivity contribution in [1.29, 1.82) is 0 Å². The SMILES string of the molecule is CC(C)CN1CCC(O)(C(C)(N)C(C)C)CC1. The molecule has 1 fully saturated rings. The molecule has 1 aliphatic rings. The maximum absolute atomic E-state index is 10.8. The fourth-order valence-electron chi connectivity index (χ4n) is 2.70. The van der Waals surface area contributed by atoms with Crippen LogP contribution >= 0.6 is 0 Å². The van der Waals surface area contributed by atoms with E-state index in [0.717, 1.165) is 32.5 Å². The van der Waals surface area contributed by atoms with Crippen LogP contribution in [0.5, 0.6) is 0 Å². The molecule has 1 atom stereocenters. The van der Waals surface area contributed by atoms with Gasteiger partial charge in [-0.05, 0) is 31.6 Å². The molecule has 3 N–H and O–H groups in total. The van der Waals surface area contributed by atoms with Crippen molar-refractivity contribution >= 4 is 0 Å². The Hall–Kier alpha value is -0.120. The topological polar surface area (TPSA) is 49.5 Å². The molecule has 1 rings (SSSR count). The molecule has 1 saturated heterocycles. The normalized spacial score (nSPS) is 25.2. The van der Waals surface area contributed by atoms with Gasteiger partial charge in [-0.3, -0.25) is 0 Å². The zero-order chi connectivity index (χ0) is 13.3. The van der Waals surface area contributed by atoms with Crippen molar-refractivity contribution in [1.82, 2.24) is 4.90 Å². The van der Waals surface area contributed by atoms with Gasteiger partial charge in [0.15, 0.2) is 0 Å². The lowest BCUT2D eigenvalue weighted by atomic mass is 9.69. The fourth-order valence-corrected chi connectivity index (χ4v) is 2.70. The lowest BCUT2D eigenvalue weighted by Gasteiger charge is -2.49. The molecule has 102 valence electrons. The second kappa shape index (κ2) is 5.25. The molecule has 1 aliphatic heterocycles. The van der Waals surface area contributed by atoms with Gasteiger partial charge in [-0.25, -0.2) is 0 Å². The van der Waals surface area contributed by atoms with Gasteiger partial charge >= 0.3 is 0 Å². The summed E-state index contributed by atoms with van der Waals surface area (Å²) >= 11 is 0.